The summed E-state index contributed by atoms with van der Waals surface area (Å²) in [5.74, 6) is 0. The Bertz CT molecular complexity index is 192. The summed E-state index contributed by atoms with van der Waals surface area (Å²) < 4.78 is 0. The largest absolute Gasteiger partial charge is 0.327 e. The lowest BCUT2D eigenvalue weighted by atomic mass is 9.90. The van der Waals surface area contributed by atoms with E-state index in [0.29, 0.717) is 6.54 Å². The van der Waals surface area contributed by atoms with Gasteiger partial charge in [0.2, 0.25) is 6.10 Å². The minimum atomic E-state index is 0.596. The lowest BCUT2D eigenvalue weighted by Crippen LogP contribution is -2.17. The summed E-state index contributed by atoms with van der Waals surface area (Å²) in [6.45, 7) is 0.596. The summed E-state index contributed by atoms with van der Waals surface area (Å²) in [5, 5.41) is 0. The van der Waals surface area contributed by atoms with Crippen LogP contribution in [0, 0.1) is 0 Å². The number of rotatable bonds is 2. The van der Waals surface area contributed by atoms with Crippen LogP contribution in [0.25, 0.3) is 0 Å². The highest BCUT2D eigenvalue weighted by Gasteiger charge is 1.96. The first-order chi connectivity index (χ1) is 4.88. The van der Waals surface area contributed by atoms with Gasteiger partial charge in [-0.2, -0.15) is 15.8 Å². The Hall–Kier alpha value is -0.275. The Morgan fingerprint density at radius 3 is 2.60 bits per heavy atom. The van der Waals surface area contributed by atoms with Crippen molar-refractivity contribution >= 4 is 27.3 Å². The van der Waals surface area contributed by atoms with Crippen LogP contribution in [-0.2, 0) is 6.54 Å². The van der Waals surface area contributed by atoms with Crippen LogP contribution >= 0.6 is 15.8 Å². The highest BCUT2D eigenvalue weighted by atomic mass is 79.9. The molecule has 0 heterocycles. The number of benzene rings is 1. The summed E-state index contributed by atoms with van der Waals surface area (Å²) in [4.78, 5) is 0. The molecule has 0 saturated carbocycles. The maximum absolute atomic E-state index is 5.49. The quantitative estimate of drug-likeness (QED) is 0.696. The SMILES string of the molecule is NCc1ccccc1[B]Br. The van der Waals surface area contributed by atoms with Gasteiger partial charge in [0.05, 0.1) is 0 Å². The molecule has 0 atom stereocenters. The monoisotopic (exact) mass is 196 g/mol. The van der Waals surface area contributed by atoms with Crippen LogP contribution in [0.1, 0.15) is 5.56 Å². The Morgan fingerprint density at radius 1 is 1.40 bits per heavy atom. The molecule has 0 amide bonds. The molecule has 1 radical (unpaired) electrons. The zero-order valence-corrected chi connectivity index (χ0v) is 7.14. The molecule has 0 fully saturated rings. The van der Waals surface area contributed by atoms with Crippen molar-refractivity contribution in [1.82, 2.24) is 0 Å². The Morgan fingerprint density at radius 2 is 2.10 bits per heavy atom. The van der Waals surface area contributed by atoms with Crippen LogP contribution in [0.3, 0.4) is 0 Å². The second-order valence-corrected chi connectivity index (χ2v) is 2.47. The van der Waals surface area contributed by atoms with Gasteiger partial charge in [-0.3, -0.25) is 0 Å². The van der Waals surface area contributed by atoms with Gasteiger partial charge in [0.15, 0.2) is 0 Å². The van der Waals surface area contributed by atoms with Crippen molar-refractivity contribution in [3.63, 3.8) is 0 Å². The van der Waals surface area contributed by atoms with Gasteiger partial charge in [-0.1, -0.05) is 29.7 Å². The van der Waals surface area contributed by atoms with Gasteiger partial charge < -0.3 is 5.73 Å². The maximum Gasteiger partial charge on any atom is 0.243 e. The molecule has 0 unspecified atom stereocenters. The van der Waals surface area contributed by atoms with Gasteiger partial charge in [-0.25, -0.2) is 0 Å². The molecule has 0 aliphatic carbocycles. The van der Waals surface area contributed by atoms with Crippen LogP contribution in [0.2, 0.25) is 0 Å². The van der Waals surface area contributed by atoms with E-state index in [1.54, 1.807) is 0 Å². The molecular formula is C7H8BBrN. The second kappa shape index (κ2) is 3.79. The number of nitrogens with two attached hydrogens (primary N) is 1. The van der Waals surface area contributed by atoms with E-state index < -0.39 is 0 Å². The average molecular weight is 197 g/mol. The fourth-order valence-electron chi connectivity index (χ4n) is 0.827. The number of halogens is 1. The fraction of sp³-hybridized carbons (Fsp3) is 0.143. The van der Waals surface area contributed by atoms with Crippen molar-refractivity contribution in [3.8, 4) is 0 Å². The number of hydrogen-bond donors (Lipinski definition) is 1. The van der Waals surface area contributed by atoms with Crippen LogP contribution in [0.4, 0.5) is 0 Å². The topological polar surface area (TPSA) is 26.0 Å². The van der Waals surface area contributed by atoms with Crippen LogP contribution in [-0.4, -0.2) is 6.10 Å². The lowest BCUT2D eigenvalue weighted by molar-refractivity contribution is 1.08. The van der Waals surface area contributed by atoms with Crippen molar-refractivity contribution in [3.05, 3.63) is 29.8 Å². The third-order valence-electron chi connectivity index (χ3n) is 1.39. The van der Waals surface area contributed by atoms with Crippen molar-refractivity contribution in [2.75, 3.05) is 0 Å². The predicted octanol–water partition coefficient (Wildman–Crippen LogP) is 0.785. The summed E-state index contributed by atoms with van der Waals surface area (Å²) >= 11 is 3.27. The van der Waals surface area contributed by atoms with Crippen LogP contribution in [0.5, 0.6) is 0 Å². The Labute approximate surface area is 69.8 Å². The van der Waals surface area contributed by atoms with Gasteiger partial charge in [-0.15, -0.1) is 0 Å². The highest BCUT2D eigenvalue weighted by molar-refractivity contribution is 9.23. The molecule has 1 aromatic rings. The average Bonchev–Trinajstić information content (AvgIpc) is 2.04. The van der Waals surface area contributed by atoms with E-state index in [2.05, 4.69) is 15.8 Å². The molecule has 51 valence electrons. The Kier molecular flexibility index (Phi) is 2.96. The predicted molar refractivity (Wildman–Crippen MR) is 48.6 cm³/mol. The molecular weight excluding hydrogens is 189 g/mol. The van der Waals surface area contributed by atoms with Gasteiger partial charge >= 0.3 is 0 Å². The smallest absolute Gasteiger partial charge is 0.243 e. The molecule has 0 aliphatic heterocycles. The summed E-state index contributed by atoms with van der Waals surface area (Å²) in [6, 6.07) is 8.03. The standard InChI is InChI=1S/C7H8BBrN/c9-8-7-4-2-1-3-6(7)5-10/h1-4H,5,10H2. The zero-order chi connectivity index (χ0) is 7.40. The van der Waals surface area contributed by atoms with E-state index in [9.17, 15) is 0 Å². The first-order valence-corrected chi connectivity index (χ1v) is 4.01. The lowest BCUT2D eigenvalue weighted by Gasteiger charge is -2.01. The molecule has 0 bridgehead atoms. The van der Waals surface area contributed by atoms with Gasteiger partial charge in [0, 0.05) is 6.54 Å². The third kappa shape index (κ3) is 1.61. The van der Waals surface area contributed by atoms with Gasteiger partial charge in [-0.05, 0) is 5.56 Å². The van der Waals surface area contributed by atoms with Crippen LogP contribution < -0.4 is 11.2 Å². The molecule has 0 aliphatic rings. The van der Waals surface area contributed by atoms with Gasteiger partial charge in [0.1, 0.15) is 0 Å². The third-order valence-corrected chi connectivity index (χ3v) is 1.89. The van der Waals surface area contributed by atoms with Crippen molar-refractivity contribution in [2.24, 2.45) is 5.73 Å². The normalized spacial score (nSPS) is 9.40. The molecule has 1 nitrogen and oxygen atoms in total. The molecule has 0 spiro atoms. The van der Waals surface area contributed by atoms with E-state index in [4.69, 9.17) is 5.73 Å². The molecule has 1 rings (SSSR count). The summed E-state index contributed by atoms with van der Waals surface area (Å²) in [7, 11) is 0. The van der Waals surface area contributed by atoms with Crippen LogP contribution in [0.15, 0.2) is 24.3 Å². The van der Waals surface area contributed by atoms with Crippen molar-refractivity contribution in [2.45, 2.75) is 6.54 Å². The summed E-state index contributed by atoms with van der Waals surface area (Å²) in [6.07, 6.45) is 1.88. The zero-order valence-electron chi connectivity index (χ0n) is 5.55. The van der Waals surface area contributed by atoms with E-state index in [1.807, 2.05) is 30.4 Å². The van der Waals surface area contributed by atoms with E-state index >= 15 is 0 Å². The maximum atomic E-state index is 5.49. The molecule has 10 heavy (non-hydrogen) atoms. The van der Waals surface area contributed by atoms with E-state index in [1.165, 1.54) is 5.56 Å². The van der Waals surface area contributed by atoms with E-state index in [0.717, 1.165) is 5.46 Å². The molecule has 1 aromatic carbocycles. The second-order valence-electron chi connectivity index (χ2n) is 2.01. The minimum absolute atomic E-state index is 0.596. The molecule has 0 saturated heterocycles. The molecule has 2 N–H and O–H groups in total. The van der Waals surface area contributed by atoms with E-state index in [-0.39, 0.29) is 0 Å². The minimum Gasteiger partial charge on any atom is -0.327 e. The van der Waals surface area contributed by atoms with Gasteiger partial charge in [0.25, 0.3) is 0 Å². The Balaban J connectivity index is 2.96. The molecule has 0 aromatic heterocycles. The fourth-order valence-corrected chi connectivity index (χ4v) is 1.27. The van der Waals surface area contributed by atoms with Crippen molar-refractivity contribution < 1.29 is 0 Å². The summed E-state index contributed by atoms with van der Waals surface area (Å²) in [5.41, 5.74) is 7.81. The van der Waals surface area contributed by atoms with Crippen molar-refractivity contribution in [1.29, 1.82) is 0 Å². The molecule has 3 heteroatoms. The highest BCUT2D eigenvalue weighted by Crippen LogP contribution is 1.94. The number of hydrogen-bond acceptors (Lipinski definition) is 1. The first-order valence-electron chi connectivity index (χ1n) is 3.10. The first kappa shape index (κ1) is 7.83.